The summed E-state index contributed by atoms with van der Waals surface area (Å²) in [4.78, 5) is 2.02. The molecule has 6 heteroatoms. The first-order valence-electron chi connectivity index (χ1n) is 8.51. The van der Waals surface area contributed by atoms with Gasteiger partial charge in [0, 0.05) is 16.8 Å². The lowest BCUT2D eigenvalue weighted by molar-refractivity contribution is 0.468. The van der Waals surface area contributed by atoms with E-state index >= 15 is 0 Å². The molecule has 0 bridgehead atoms. The zero-order chi connectivity index (χ0) is 19.0. The fraction of sp³-hybridized carbons (Fsp3) is 0.0952. The second-order valence-corrected chi connectivity index (χ2v) is 8.01. The van der Waals surface area contributed by atoms with Crippen LogP contribution in [0.5, 0.6) is 5.75 Å². The van der Waals surface area contributed by atoms with Gasteiger partial charge < -0.3 is 10.0 Å². The summed E-state index contributed by atoms with van der Waals surface area (Å²) in [6.45, 7) is 2.28. The molecule has 5 nitrogen and oxygen atoms in total. The molecule has 136 valence electrons. The van der Waals surface area contributed by atoms with E-state index in [1.807, 2.05) is 48.2 Å². The lowest BCUT2D eigenvalue weighted by atomic mass is 10.1. The number of amidine groups is 1. The van der Waals surface area contributed by atoms with Gasteiger partial charge in [-0.05, 0) is 37.3 Å². The smallest absolute Gasteiger partial charge is 0.285 e. The number of hydrogen-bond donors (Lipinski definition) is 1. The van der Waals surface area contributed by atoms with Crippen molar-refractivity contribution < 1.29 is 13.5 Å². The van der Waals surface area contributed by atoms with Gasteiger partial charge in [0.2, 0.25) is 0 Å². The summed E-state index contributed by atoms with van der Waals surface area (Å²) < 4.78 is 29.1. The van der Waals surface area contributed by atoms with E-state index in [2.05, 4.69) is 4.40 Å². The van der Waals surface area contributed by atoms with Gasteiger partial charge in [-0.2, -0.15) is 8.42 Å². The largest absolute Gasteiger partial charge is 0.508 e. The van der Waals surface area contributed by atoms with Crippen LogP contribution in [0.1, 0.15) is 16.7 Å². The van der Waals surface area contributed by atoms with Crippen molar-refractivity contribution in [2.45, 2.75) is 18.4 Å². The third kappa shape index (κ3) is 3.19. The summed E-state index contributed by atoms with van der Waals surface area (Å²) >= 11 is 0. The number of para-hydroxylation sites is 1. The van der Waals surface area contributed by atoms with Crippen LogP contribution in [0.15, 0.2) is 82.1 Å². The molecule has 0 radical (unpaired) electrons. The Morgan fingerprint density at radius 1 is 0.926 bits per heavy atom. The Morgan fingerprint density at radius 3 is 2.33 bits per heavy atom. The standard InChI is InChI=1S/C21H18N2O3S/c1-15-10-12-17(13-11-15)23(14-16-6-2-4-8-19(16)24)21-18-7-3-5-9-20(18)27(25,26)22-21/h2-13,24H,14H2,1H3. The van der Waals surface area contributed by atoms with Gasteiger partial charge in [-0.25, -0.2) is 0 Å². The predicted octanol–water partition coefficient (Wildman–Crippen LogP) is 3.86. The molecule has 1 aliphatic rings. The molecule has 3 aromatic rings. The molecule has 1 aliphatic heterocycles. The van der Waals surface area contributed by atoms with Crippen molar-refractivity contribution in [2.75, 3.05) is 4.90 Å². The highest BCUT2D eigenvalue weighted by molar-refractivity contribution is 7.90. The number of fused-ring (bicyclic) bond motifs is 1. The molecular weight excluding hydrogens is 360 g/mol. The maximum Gasteiger partial charge on any atom is 0.285 e. The van der Waals surface area contributed by atoms with Gasteiger partial charge in [-0.3, -0.25) is 0 Å². The highest BCUT2D eigenvalue weighted by Gasteiger charge is 2.32. The Labute approximate surface area is 158 Å². The lowest BCUT2D eigenvalue weighted by Crippen LogP contribution is -2.30. The number of phenols is 1. The first-order valence-corrected chi connectivity index (χ1v) is 9.95. The fourth-order valence-electron chi connectivity index (χ4n) is 3.11. The first-order chi connectivity index (χ1) is 13.0. The molecule has 27 heavy (non-hydrogen) atoms. The van der Waals surface area contributed by atoms with Crippen LogP contribution in [-0.4, -0.2) is 19.4 Å². The molecule has 0 fully saturated rings. The molecule has 0 aromatic heterocycles. The number of anilines is 1. The monoisotopic (exact) mass is 378 g/mol. The van der Waals surface area contributed by atoms with Crippen LogP contribution >= 0.6 is 0 Å². The van der Waals surface area contributed by atoms with Crippen molar-refractivity contribution in [1.82, 2.24) is 0 Å². The maximum atomic E-state index is 12.5. The molecule has 0 unspecified atom stereocenters. The van der Waals surface area contributed by atoms with Crippen molar-refractivity contribution in [2.24, 2.45) is 4.40 Å². The molecule has 4 rings (SSSR count). The Hall–Kier alpha value is -3.12. The Bertz CT molecular complexity index is 1140. The minimum absolute atomic E-state index is 0.157. The zero-order valence-electron chi connectivity index (χ0n) is 14.7. The van der Waals surface area contributed by atoms with E-state index in [0.29, 0.717) is 23.5 Å². The topological polar surface area (TPSA) is 70.0 Å². The highest BCUT2D eigenvalue weighted by atomic mass is 32.2. The third-order valence-electron chi connectivity index (χ3n) is 4.53. The van der Waals surface area contributed by atoms with Crippen molar-refractivity contribution in [3.05, 3.63) is 89.5 Å². The quantitative estimate of drug-likeness (QED) is 0.751. The summed E-state index contributed by atoms with van der Waals surface area (Å²) in [5.74, 6) is 0.516. The third-order valence-corrected chi connectivity index (χ3v) is 5.86. The summed E-state index contributed by atoms with van der Waals surface area (Å²) in [6.07, 6.45) is 0. The van der Waals surface area contributed by atoms with E-state index in [1.54, 1.807) is 36.4 Å². The summed E-state index contributed by atoms with van der Waals surface area (Å²) in [5.41, 5.74) is 3.15. The molecule has 3 aromatic carbocycles. The molecule has 0 atom stereocenters. The van der Waals surface area contributed by atoms with E-state index in [-0.39, 0.29) is 10.6 Å². The van der Waals surface area contributed by atoms with Crippen LogP contribution in [0.25, 0.3) is 0 Å². The minimum Gasteiger partial charge on any atom is -0.508 e. The lowest BCUT2D eigenvalue weighted by Gasteiger charge is -2.25. The van der Waals surface area contributed by atoms with Crippen molar-refractivity contribution >= 4 is 21.5 Å². The van der Waals surface area contributed by atoms with E-state index < -0.39 is 10.0 Å². The second-order valence-electron chi connectivity index (χ2n) is 6.44. The SMILES string of the molecule is Cc1ccc(N(Cc2ccccc2O)C2=NS(=O)(=O)c3ccccc32)cc1. The van der Waals surface area contributed by atoms with Crippen molar-refractivity contribution in [3.63, 3.8) is 0 Å². The normalized spacial score (nSPS) is 14.5. The number of hydrogen-bond acceptors (Lipinski definition) is 4. The Kier molecular flexibility index (Phi) is 4.20. The van der Waals surface area contributed by atoms with E-state index in [4.69, 9.17) is 0 Å². The van der Waals surface area contributed by atoms with Gasteiger partial charge in [0.05, 0.1) is 6.54 Å². The molecule has 0 aliphatic carbocycles. The molecule has 0 amide bonds. The van der Waals surface area contributed by atoms with Crippen molar-refractivity contribution in [3.8, 4) is 5.75 Å². The van der Waals surface area contributed by atoms with Gasteiger partial charge >= 0.3 is 0 Å². The number of aryl methyl sites for hydroxylation is 1. The second kappa shape index (κ2) is 6.55. The van der Waals surface area contributed by atoms with Gasteiger partial charge in [-0.1, -0.05) is 48.0 Å². The molecule has 1 heterocycles. The number of rotatable bonds is 3. The predicted molar refractivity (Wildman–Crippen MR) is 106 cm³/mol. The van der Waals surface area contributed by atoms with E-state index in [9.17, 15) is 13.5 Å². The molecule has 0 saturated heterocycles. The van der Waals surface area contributed by atoms with E-state index in [1.165, 1.54) is 0 Å². The van der Waals surface area contributed by atoms with Gasteiger partial charge in [-0.15, -0.1) is 4.40 Å². The molecule has 0 spiro atoms. The first kappa shape index (κ1) is 17.3. The number of aromatic hydroxyl groups is 1. The van der Waals surface area contributed by atoms with Gasteiger partial charge in [0.15, 0.2) is 5.84 Å². The zero-order valence-corrected chi connectivity index (χ0v) is 15.5. The summed E-state index contributed by atoms with van der Waals surface area (Å²) in [7, 11) is -3.73. The summed E-state index contributed by atoms with van der Waals surface area (Å²) in [5, 5.41) is 10.2. The van der Waals surface area contributed by atoms with Crippen LogP contribution in [-0.2, 0) is 16.6 Å². The van der Waals surface area contributed by atoms with Crippen LogP contribution in [0, 0.1) is 6.92 Å². The van der Waals surface area contributed by atoms with Crippen molar-refractivity contribution in [1.29, 1.82) is 0 Å². The van der Waals surface area contributed by atoms with E-state index in [0.717, 1.165) is 11.3 Å². The Morgan fingerprint density at radius 2 is 1.59 bits per heavy atom. The van der Waals surface area contributed by atoms with Crippen LogP contribution < -0.4 is 4.90 Å². The molecule has 0 saturated carbocycles. The van der Waals surface area contributed by atoms with Crippen LogP contribution in [0.3, 0.4) is 0 Å². The molecular formula is C21H18N2O3S. The Balaban J connectivity index is 1.86. The fourth-order valence-corrected chi connectivity index (χ4v) is 4.32. The molecule has 1 N–H and O–H groups in total. The van der Waals surface area contributed by atoms with Crippen LogP contribution in [0.4, 0.5) is 5.69 Å². The highest BCUT2D eigenvalue weighted by Crippen LogP contribution is 2.32. The maximum absolute atomic E-state index is 12.5. The number of nitrogens with zero attached hydrogens (tertiary/aromatic N) is 2. The van der Waals surface area contributed by atoms with Gasteiger partial charge in [0.1, 0.15) is 10.6 Å². The average molecular weight is 378 g/mol. The number of benzene rings is 3. The minimum atomic E-state index is -3.73. The number of phenolic OH excluding ortho intramolecular Hbond substituents is 1. The van der Waals surface area contributed by atoms with Crippen LogP contribution in [0.2, 0.25) is 0 Å². The number of sulfonamides is 1. The van der Waals surface area contributed by atoms with Gasteiger partial charge in [0.25, 0.3) is 10.0 Å². The summed E-state index contributed by atoms with van der Waals surface area (Å²) in [6, 6.07) is 21.6. The average Bonchev–Trinajstić information content (AvgIpc) is 2.93.